The third-order valence-corrected chi connectivity index (χ3v) is 3.47. The summed E-state index contributed by atoms with van der Waals surface area (Å²) >= 11 is 0. The van der Waals surface area contributed by atoms with Crippen molar-refractivity contribution in [3.8, 4) is 0 Å². The van der Waals surface area contributed by atoms with Gasteiger partial charge in [0.15, 0.2) is 0 Å². The Hall–Kier alpha value is -1.48. The zero-order valence-corrected chi connectivity index (χ0v) is 11.0. The molecule has 0 saturated heterocycles. The maximum atomic E-state index is 10.0. The van der Waals surface area contributed by atoms with Gasteiger partial charge in [-0.2, -0.15) is 0 Å². The van der Waals surface area contributed by atoms with Crippen LogP contribution in [0.2, 0.25) is 0 Å². The molecule has 0 spiro atoms. The smallest absolute Gasteiger partial charge is 0.0718 e. The first kappa shape index (κ1) is 13.0. The molecule has 98 valence electrons. The number of benzene rings is 1. The summed E-state index contributed by atoms with van der Waals surface area (Å²) in [5, 5.41) is 10.0. The van der Waals surface area contributed by atoms with Crippen LogP contribution in [0.5, 0.6) is 0 Å². The monoisotopic (exact) mass is 246 g/mol. The van der Waals surface area contributed by atoms with Gasteiger partial charge in [-0.1, -0.05) is 18.2 Å². The minimum Gasteiger partial charge on any atom is -0.391 e. The third-order valence-electron chi connectivity index (χ3n) is 3.47. The molecule has 1 aromatic rings. The highest BCUT2D eigenvalue weighted by molar-refractivity contribution is 5.73. The second kappa shape index (κ2) is 5.91. The molecule has 2 rings (SSSR count). The number of para-hydroxylation sites is 2. The summed E-state index contributed by atoms with van der Waals surface area (Å²) in [4.78, 5) is 4.55. The van der Waals surface area contributed by atoms with Gasteiger partial charge in [0.05, 0.1) is 17.5 Å². The maximum absolute atomic E-state index is 10.0. The highest BCUT2D eigenvalue weighted by Gasteiger charge is 2.21. The van der Waals surface area contributed by atoms with Gasteiger partial charge in [0.1, 0.15) is 0 Å². The Labute approximate surface area is 109 Å². The zero-order valence-electron chi connectivity index (χ0n) is 11.0. The predicted octanol–water partition coefficient (Wildman–Crippen LogP) is 2.27. The Morgan fingerprint density at radius 3 is 2.78 bits per heavy atom. The van der Waals surface area contributed by atoms with Crippen LogP contribution in [0.1, 0.15) is 12.8 Å². The third kappa shape index (κ3) is 2.85. The average molecular weight is 246 g/mol. The standard InChI is InChI=1S/C15H22N2O/c1-3-4-7-13(18)12-17-11-10-16(2)14-8-5-6-9-15(14)17/h3,5-6,8-9,13,18H,1,4,7,10-12H2,2H3. The van der Waals surface area contributed by atoms with E-state index in [4.69, 9.17) is 0 Å². The Balaban J connectivity index is 2.06. The van der Waals surface area contributed by atoms with Crippen molar-refractivity contribution in [3.05, 3.63) is 36.9 Å². The normalized spacial score (nSPS) is 16.3. The molecule has 0 aromatic heterocycles. The molecule has 1 aliphatic heterocycles. The van der Waals surface area contributed by atoms with Crippen LogP contribution in [-0.2, 0) is 0 Å². The lowest BCUT2D eigenvalue weighted by atomic mass is 10.1. The number of likely N-dealkylation sites (N-methyl/N-ethyl adjacent to an activating group) is 1. The largest absolute Gasteiger partial charge is 0.391 e. The van der Waals surface area contributed by atoms with E-state index in [0.717, 1.165) is 25.9 Å². The van der Waals surface area contributed by atoms with Crippen molar-refractivity contribution >= 4 is 11.4 Å². The summed E-state index contributed by atoms with van der Waals surface area (Å²) in [5.41, 5.74) is 2.48. The van der Waals surface area contributed by atoms with Crippen LogP contribution in [0.4, 0.5) is 11.4 Å². The number of aliphatic hydroxyl groups is 1. The average Bonchev–Trinajstić information content (AvgIpc) is 2.40. The van der Waals surface area contributed by atoms with Gasteiger partial charge >= 0.3 is 0 Å². The summed E-state index contributed by atoms with van der Waals surface area (Å²) in [6, 6.07) is 8.39. The number of allylic oxidation sites excluding steroid dienone is 1. The summed E-state index contributed by atoms with van der Waals surface area (Å²) < 4.78 is 0. The number of hydrogen-bond acceptors (Lipinski definition) is 3. The lowest BCUT2D eigenvalue weighted by Gasteiger charge is -2.37. The van der Waals surface area contributed by atoms with Crippen molar-refractivity contribution in [3.63, 3.8) is 0 Å². The van der Waals surface area contributed by atoms with Gasteiger partial charge < -0.3 is 14.9 Å². The van der Waals surface area contributed by atoms with Crippen molar-refractivity contribution in [2.45, 2.75) is 18.9 Å². The highest BCUT2D eigenvalue weighted by Crippen LogP contribution is 2.31. The molecule has 1 aliphatic rings. The van der Waals surface area contributed by atoms with Crippen molar-refractivity contribution in [2.75, 3.05) is 36.5 Å². The molecule has 3 nitrogen and oxygen atoms in total. The van der Waals surface area contributed by atoms with Gasteiger partial charge in [-0.05, 0) is 25.0 Å². The van der Waals surface area contributed by atoms with Crippen LogP contribution in [0.3, 0.4) is 0 Å². The molecule has 1 aromatic carbocycles. The number of β-amino-alcohol motifs (C(OH)–C–C–N with tert-alkyl or cyclic N) is 1. The topological polar surface area (TPSA) is 26.7 Å². The highest BCUT2D eigenvalue weighted by atomic mass is 16.3. The zero-order chi connectivity index (χ0) is 13.0. The maximum Gasteiger partial charge on any atom is 0.0718 e. The molecule has 1 unspecified atom stereocenters. The lowest BCUT2D eigenvalue weighted by molar-refractivity contribution is 0.171. The molecule has 1 heterocycles. The fourth-order valence-corrected chi connectivity index (χ4v) is 2.41. The van der Waals surface area contributed by atoms with Crippen molar-refractivity contribution in [1.82, 2.24) is 0 Å². The number of anilines is 2. The molecule has 0 radical (unpaired) electrons. The minimum atomic E-state index is -0.278. The van der Waals surface area contributed by atoms with E-state index in [-0.39, 0.29) is 6.10 Å². The molecular weight excluding hydrogens is 224 g/mol. The van der Waals surface area contributed by atoms with Crippen LogP contribution in [-0.4, -0.2) is 37.9 Å². The van der Waals surface area contributed by atoms with Crippen LogP contribution in [0.25, 0.3) is 0 Å². The SMILES string of the molecule is C=CCCC(O)CN1CCN(C)c2ccccc21. The molecule has 0 aliphatic carbocycles. The summed E-state index contributed by atoms with van der Waals surface area (Å²) in [5.74, 6) is 0. The van der Waals surface area contributed by atoms with Crippen molar-refractivity contribution in [2.24, 2.45) is 0 Å². The van der Waals surface area contributed by atoms with Crippen LogP contribution in [0.15, 0.2) is 36.9 Å². The molecule has 3 heteroatoms. The summed E-state index contributed by atoms with van der Waals surface area (Å²) in [6.07, 6.45) is 3.25. The van der Waals surface area contributed by atoms with E-state index in [1.807, 2.05) is 6.08 Å². The Bertz CT molecular complexity index is 405. The first-order valence-electron chi connectivity index (χ1n) is 6.56. The van der Waals surface area contributed by atoms with Crippen LogP contribution >= 0.6 is 0 Å². The van der Waals surface area contributed by atoms with Crippen molar-refractivity contribution in [1.29, 1.82) is 0 Å². The van der Waals surface area contributed by atoms with Gasteiger partial charge in [0.25, 0.3) is 0 Å². The number of aliphatic hydroxyl groups excluding tert-OH is 1. The van der Waals surface area contributed by atoms with E-state index in [2.05, 4.69) is 47.7 Å². The fourth-order valence-electron chi connectivity index (χ4n) is 2.41. The van der Waals surface area contributed by atoms with Gasteiger partial charge in [0, 0.05) is 26.7 Å². The number of nitrogens with zero attached hydrogens (tertiary/aromatic N) is 2. The fraction of sp³-hybridized carbons (Fsp3) is 0.467. The van der Waals surface area contributed by atoms with E-state index < -0.39 is 0 Å². The molecule has 1 N–H and O–H groups in total. The first-order chi connectivity index (χ1) is 8.72. The Morgan fingerprint density at radius 1 is 1.33 bits per heavy atom. The molecule has 0 fully saturated rings. The number of rotatable bonds is 5. The number of hydrogen-bond donors (Lipinski definition) is 1. The molecule has 18 heavy (non-hydrogen) atoms. The molecular formula is C15H22N2O. The molecule has 0 amide bonds. The van der Waals surface area contributed by atoms with E-state index in [9.17, 15) is 5.11 Å². The van der Waals surface area contributed by atoms with E-state index in [1.165, 1.54) is 11.4 Å². The Kier molecular flexibility index (Phi) is 4.26. The molecule has 0 saturated carbocycles. The number of fused-ring (bicyclic) bond motifs is 1. The quantitative estimate of drug-likeness (QED) is 0.807. The second-order valence-electron chi connectivity index (χ2n) is 4.88. The second-order valence-corrected chi connectivity index (χ2v) is 4.88. The van der Waals surface area contributed by atoms with E-state index in [0.29, 0.717) is 6.54 Å². The molecule has 0 bridgehead atoms. The van der Waals surface area contributed by atoms with Gasteiger partial charge in [0.2, 0.25) is 0 Å². The first-order valence-corrected chi connectivity index (χ1v) is 6.56. The lowest BCUT2D eigenvalue weighted by Crippen LogP contribution is -2.42. The van der Waals surface area contributed by atoms with Crippen LogP contribution in [0, 0.1) is 0 Å². The Morgan fingerprint density at radius 2 is 2.06 bits per heavy atom. The summed E-state index contributed by atoms with van der Waals surface area (Å²) in [6.45, 7) is 6.38. The van der Waals surface area contributed by atoms with Gasteiger partial charge in [-0.25, -0.2) is 0 Å². The minimum absolute atomic E-state index is 0.278. The molecule has 1 atom stereocenters. The van der Waals surface area contributed by atoms with E-state index >= 15 is 0 Å². The van der Waals surface area contributed by atoms with Gasteiger partial charge in [-0.15, -0.1) is 6.58 Å². The summed E-state index contributed by atoms with van der Waals surface area (Å²) in [7, 11) is 2.12. The predicted molar refractivity (Wildman–Crippen MR) is 77.4 cm³/mol. The van der Waals surface area contributed by atoms with Crippen LogP contribution < -0.4 is 9.80 Å². The van der Waals surface area contributed by atoms with Crippen molar-refractivity contribution < 1.29 is 5.11 Å². The van der Waals surface area contributed by atoms with E-state index in [1.54, 1.807) is 0 Å². The van der Waals surface area contributed by atoms with Gasteiger partial charge in [-0.3, -0.25) is 0 Å².